The minimum Gasteiger partial charge on any atom is -0.303 e. The molecule has 60 valence electrons. The number of rotatable bonds is 1. The molecule has 0 saturated heterocycles. The summed E-state index contributed by atoms with van der Waals surface area (Å²) in [6, 6.07) is 0. The van der Waals surface area contributed by atoms with Crippen LogP contribution in [-0.2, 0) is 4.57 Å². The van der Waals surface area contributed by atoms with Crippen LogP contribution in [0, 0.1) is 0 Å². The molecule has 0 aliphatic rings. The number of phosphoric acid groups is 1. The van der Waals surface area contributed by atoms with Crippen molar-refractivity contribution in [2.45, 2.75) is 6.92 Å². The summed E-state index contributed by atoms with van der Waals surface area (Å²) in [6.45, 7) is 5.42. The minimum absolute atomic E-state index is 1.75. The van der Waals surface area contributed by atoms with Gasteiger partial charge in [-0.3, -0.25) is 0 Å². The molecule has 5 heteroatoms. The minimum atomic E-state index is -4.64. The Labute approximate surface area is 59.8 Å². The molecule has 10 heavy (non-hydrogen) atoms. The van der Waals surface area contributed by atoms with Crippen LogP contribution in [0.5, 0.6) is 0 Å². The Hall–Kier alpha value is -0.410. The van der Waals surface area contributed by atoms with Crippen LogP contribution in [0.25, 0.3) is 0 Å². The smallest absolute Gasteiger partial charge is 0.303 e. The van der Waals surface area contributed by atoms with Crippen molar-refractivity contribution >= 4 is 7.82 Å². The fourth-order valence-corrected chi connectivity index (χ4v) is 0.136. The molecule has 0 unspecified atom stereocenters. The van der Waals surface area contributed by atoms with E-state index >= 15 is 0 Å². The van der Waals surface area contributed by atoms with Crippen molar-refractivity contribution in [1.82, 2.24) is 0 Å². The van der Waals surface area contributed by atoms with Gasteiger partial charge in [0.1, 0.15) is 0 Å². The van der Waals surface area contributed by atoms with Crippen molar-refractivity contribution in [3.8, 4) is 0 Å². The normalized spacial score (nSPS) is 10.4. The first kappa shape index (κ1) is 12.3. The zero-order valence-electron chi connectivity index (χ0n) is 5.64. The maximum atomic E-state index is 8.88. The lowest BCUT2D eigenvalue weighted by Crippen LogP contribution is -1.66. The molecule has 0 spiro atoms. The van der Waals surface area contributed by atoms with E-state index in [1.807, 2.05) is 19.1 Å². The predicted molar refractivity (Wildman–Crippen MR) is 39.3 cm³/mol. The van der Waals surface area contributed by atoms with Crippen molar-refractivity contribution in [3.63, 3.8) is 0 Å². The summed E-state index contributed by atoms with van der Waals surface area (Å²) in [7, 11) is -4.64. The summed E-state index contributed by atoms with van der Waals surface area (Å²) in [6.07, 6.45) is 5.58. The molecule has 0 fully saturated rings. The first-order valence-electron chi connectivity index (χ1n) is 2.43. The average molecular weight is 166 g/mol. The van der Waals surface area contributed by atoms with Crippen LogP contribution in [0.1, 0.15) is 6.92 Å². The van der Waals surface area contributed by atoms with E-state index in [9.17, 15) is 0 Å². The summed E-state index contributed by atoms with van der Waals surface area (Å²) >= 11 is 0. The van der Waals surface area contributed by atoms with Gasteiger partial charge in [0.15, 0.2) is 0 Å². The predicted octanol–water partition coefficient (Wildman–Crippen LogP) is 0.820. The molecule has 0 heterocycles. The fraction of sp³-hybridized carbons (Fsp3) is 0.200. The maximum Gasteiger partial charge on any atom is 0.466 e. The highest BCUT2D eigenvalue weighted by Crippen LogP contribution is 2.25. The van der Waals surface area contributed by atoms with E-state index in [-0.39, 0.29) is 0 Å². The lowest BCUT2D eigenvalue weighted by molar-refractivity contribution is 0.275. The molecular weight excluding hydrogens is 155 g/mol. The van der Waals surface area contributed by atoms with Crippen molar-refractivity contribution in [1.29, 1.82) is 0 Å². The monoisotopic (exact) mass is 166 g/mol. The zero-order valence-corrected chi connectivity index (χ0v) is 6.53. The summed E-state index contributed by atoms with van der Waals surface area (Å²) in [5.41, 5.74) is 0. The highest BCUT2D eigenvalue weighted by Gasteiger charge is 2.00. The highest BCUT2D eigenvalue weighted by molar-refractivity contribution is 7.45. The lowest BCUT2D eigenvalue weighted by Gasteiger charge is -1.82. The Kier molecular flexibility index (Phi) is 8.24. The molecule has 4 nitrogen and oxygen atoms in total. The van der Waals surface area contributed by atoms with E-state index in [1.54, 1.807) is 6.08 Å². The van der Waals surface area contributed by atoms with E-state index in [0.29, 0.717) is 0 Å². The Balaban J connectivity index is 0. The molecule has 0 aromatic rings. The van der Waals surface area contributed by atoms with Crippen LogP contribution in [0.4, 0.5) is 0 Å². The molecule has 3 N–H and O–H groups in total. The third kappa shape index (κ3) is 130. The van der Waals surface area contributed by atoms with E-state index in [1.165, 1.54) is 0 Å². The SMILES string of the molecule is C=CC=CC.O=P(O)(O)O. The zero-order chi connectivity index (χ0) is 8.62. The molecule has 0 rings (SSSR count). The fourth-order valence-electron chi connectivity index (χ4n) is 0.136. The summed E-state index contributed by atoms with van der Waals surface area (Å²) < 4.78 is 8.88. The number of hydrogen-bond donors (Lipinski definition) is 3. The van der Waals surface area contributed by atoms with Crippen LogP contribution < -0.4 is 0 Å². The topological polar surface area (TPSA) is 77.8 Å². The van der Waals surface area contributed by atoms with Gasteiger partial charge in [0.25, 0.3) is 0 Å². The third-order valence-electron chi connectivity index (χ3n) is 0.329. The summed E-state index contributed by atoms with van der Waals surface area (Å²) in [5, 5.41) is 0. The van der Waals surface area contributed by atoms with E-state index in [0.717, 1.165) is 0 Å². The average Bonchev–Trinajstić information content (AvgIpc) is 1.63. The highest BCUT2D eigenvalue weighted by atomic mass is 31.2. The molecule has 0 bridgehead atoms. The van der Waals surface area contributed by atoms with Gasteiger partial charge in [0.05, 0.1) is 0 Å². The molecule has 0 saturated carbocycles. The summed E-state index contributed by atoms with van der Waals surface area (Å²) in [4.78, 5) is 21.6. The Morgan fingerprint density at radius 3 is 1.70 bits per heavy atom. The Morgan fingerprint density at radius 2 is 1.70 bits per heavy atom. The first-order chi connectivity index (χ1) is 4.41. The van der Waals surface area contributed by atoms with Crippen LogP contribution in [0.2, 0.25) is 0 Å². The van der Waals surface area contributed by atoms with Crippen LogP contribution >= 0.6 is 7.82 Å². The molecule has 0 aliphatic carbocycles. The van der Waals surface area contributed by atoms with Crippen molar-refractivity contribution < 1.29 is 19.2 Å². The van der Waals surface area contributed by atoms with Gasteiger partial charge in [-0.15, -0.1) is 0 Å². The Bertz CT molecular complexity index is 137. The molecule has 0 amide bonds. The molecular formula is C5H11O4P. The maximum absolute atomic E-state index is 8.88. The standard InChI is InChI=1S/C5H8.H3O4P/c1-3-5-4-2;1-5(2,3)4/h3-5H,1H2,2H3;(H3,1,2,3,4). The second kappa shape index (κ2) is 6.71. The van der Waals surface area contributed by atoms with Gasteiger partial charge in [-0.25, -0.2) is 4.57 Å². The second-order valence-corrected chi connectivity index (χ2v) is 2.30. The molecule has 0 aliphatic heterocycles. The van der Waals surface area contributed by atoms with Crippen LogP contribution in [-0.4, -0.2) is 14.7 Å². The van der Waals surface area contributed by atoms with Crippen LogP contribution in [0.15, 0.2) is 24.8 Å². The molecule has 0 radical (unpaired) electrons. The summed E-state index contributed by atoms with van der Waals surface area (Å²) in [5.74, 6) is 0. The van der Waals surface area contributed by atoms with E-state index < -0.39 is 7.82 Å². The molecule has 0 aromatic carbocycles. The van der Waals surface area contributed by atoms with Gasteiger partial charge in [-0.2, -0.15) is 0 Å². The van der Waals surface area contributed by atoms with Gasteiger partial charge in [-0.05, 0) is 6.92 Å². The number of allylic oxidation sites excluding steroid dienone is 3. The second-order valence-electron chi connectivity index (χ2n) is 1.27. The third-order valence-corrected chi connectivity index (χ3v) is 0.329. The lowest BCUT2D eigenvalue weighted by atomic mass is 10.5. The van der Waals surface area contributed by atoms with Gasteiger partial charge >= 0.3 is 7.82 Å². The van der Waals surface area contributed by atoms with Gasteiger partial charge < -0.3 is 14.7 Å². The molecule has 0 aromatic heterocycles. The van der Waals surface area contributed by atoms with Crippen molar-refractivity contribution in [2.75, 3.05) is 0 Å². The molecule has 0 atom stereocenters. The van der Waals surface area contributed by atoms with Gasteiger partial charge in [0, 0.05) is 0 Å². The van der Waals surface area contributed by atoms with Gasteiger partial charge in [-0.1, -0.05) is 24.8 Å². The van der Waals surface area contributed by atoms with Crippen molar-refractivity contribution in [3.05, 3.63) is 24.8 Å². The number of hydrogen-bond acceptors (Lipinski definition) is 1. The Morgan fingerprint density at radius 1 is 1.40 bits per heavy atom. The van der Waals surface area contributed by atoms with Crippen molar-refractivity contribution in [2.24, 2.45) is 0 Å². The van der Waals surface area contributed by atoms with E-state index in [2.05, 4.69) is 6.58 Å². The van der Waals surface area contributed by atoms with E-state index in [4.69, 9.17) is 19.2 Å². The van der Waals surface area contributed by atoms with Gasteiger partial charge in [0.2, 0.25) is 0 Å². The first-order valence-corrected chi connectivity index (χ1v) is 4.00. The largest absolute Gasteiger partial charge is 0.466 e. The quantitative estimate of drug-likeness (QED) is 0.398. The van der Waals surface area contributed by atoms with Crippen LogP contribution in [0.3, 0.4) is 0 Å².